The largest absolute Gasteiger partial charge is 0.443 e. The molecule has 118 valence electrons. The summed E-state index contributed by atoms with van der Waals surface area (Å²) in [5.74, 6) is 0. The van der Waals surface area contributed by atoms with Crippen LogP contribution in [0, 0.1) is 0 Å². The number of allylic oxidation sites excluding steroid dienone is 1. The van der Waals surface area contributed by atoms with Crippen LogP contribution in [0.2, 0.25) is 0 Å². The van der Waals surface area contributed by atoms with E-state index in [-0.39, 0.29) is 6.04 Å². The van der Waals surface area contributed by atoms with E-state index in [9.17, 15) is 13.2 Å². The van der Waals surface area contributed by atoms with Crippen molar-refractivity contribution in [3.05, 3.63) is 27.7 Å². The fraction of sp³-hybridized carbons (Fsp3) is 0.667. The van der Waals surface area contributed by atoms with Crippen molar-refractivity contribution in [2.75, 3.05) is 6.54 Å². The Hall–Kier alpha value is -0.880. The molecule has 0 aromatic carbocycles. The van der Waals surface area contributed by atoms with Gasteiger partial charge in [0.1, 0.15) is 0 Å². The quantitative estimate of drug-likeness (QED) is 0.739. The van der Waals surface area contributed by atoms with Gasteiger partial charge in [-0.05, 0) is 45.1 Å². The summed E-state index contributed by atoms with van der Waals surface area (Å²) in [6, 6.07) is -0.0529. The molecule has 1 aromatic rings. The third-order valence-electron chi connectivity index (χ3n) is 3.60. The number of nitrogens with zero attached hydrogens (tertiary/aromatic N) is 1. The number of aromatic nitrogens is 1. The summed E-state index contributed by atoms with van der Waals surface area (Å²) in [6.45, 7) is 2.86. The smallest absolute Gasteiger partial charge is 0.309 e. The van der Waals surface area contributed by atoms with Crippen LogP contribution in [0.15, 0.2) is 17.8 Å². The highest BCUT2D eigenvalue weighted by Crippen LogP contribution is 2.36. The summed E-state index contributed by atoms with van der Waals surface area (Å²) < 4.78 is 38.1. The van der Waals surface area contributed by atoms with Crippen LogP contribution >= 0.6 is 11.3 Å². The fourth-order valence-electron chi connectivity index (χ4n) is 2.52. The average Bonchev–Trinajstić information content (AvgIpc) is 2.94. The number of thiazole rings is 1. The molecule has 0 radical (unpaired) electrons. The van der Waals surface area contributed by atoms with Gasteiger partial charge >= 0.3 is 6.18 Å². The van der Waals surface area contributed by atoms with Crippen molar-refractivity contribution >= 4 is 11.3 Å². The van der Waals surface area contributed by atoms with E-state index >= 15 is 0 Å². The Bertz CT molecular complexity index is 480. The van der Waals surface area contributed by atoms with E-state index in [1.165, 1.54) is 24.6 Å². The first kappa shape index (κ1) is 16.5. The van der Waals surface area contributed by atoms with Gasteiger partial charge in [-0.2, -0.15) is 13.2 Å². The lowest BCUT2D eigenvalue weighted by Gasteiger charge is -2.20. The van der Waals surface area contributed by atoms with Crippen LogP contribution < -0.4 is 5.32 Å². The van der Waals surface area contributed by atoms with Gasteiger partial charge in [-0.3, -0.25) is 0 Å². The van der Waals surface area contributed by atoms with Crippen molar-refractivity contribution in [2.24, 2.45) is 0 Å². The number of hydrogen-bond donors (Lipinski definition) is 1. The number of rotatable bonds is 6. The standard InChI is InChI=1S/C15H21F3N2S/c1-2-8-19-12(9-11-6-4-3-5-7-11)13-10-20-14(21-13)15(16,17)18/h6,10,12,19H,2-5,7-9H2,1H3. The summed E-state index contributed by atoms with van der Waals surface area (Å²) in [7, 11) is 0. The van der Waals surface area contributed by atoms with E-state index < -0.39 is 11.2 Å². The Morgan fingerprint density at radius 3 is 2.76 bits per heavy atom. The summed E-state index contributed by atoms with van der Waals surface area (Å²) in [5.41, 5.74) is 1.36. The lowest BCUT2D eigenvalue weighted by molar-refractivity contribution is -0.137. The number of hydrogen-bond acceptors (Lipinski definition) is 3. The molecule has 0 bridgehead atoms. The lowest BCUT2D eigenvalue weighted by Crippen LogP contribution is -2.22. The molecule has 1 heterocycles. The zero-order valence-corrected chi connectivity index (χ0v) is 13.0. The third-order valence-corrected chi connectivity index (χ3v) is 4.76. The summed E-state index contributed by atoms with van der Waals surface area (Å²) in [4.78, 5) is 4.23. The normalized spacial score (nSPS) is 17.6. The maximum Gasteiger partial charge on any atom is 0.443 e. The fourth-order valence-corrected chi connectivity index (χ4v) is 3.38. The number of alkyl halides is 3. The zero-order valence-electron chi connectivity index (χ0n) is 12.2. The molecular weight excluding hydrogens is 297 g/mol. The van der Waals surface area contributed by atoms with Crippen molar-refractivity contribution < 1.29 is 13.2 Å². The first-order valence-electron chi connectivity index (χ1n) is 7.45. The molecule has 2 nitrogen and oxygen atoms in total. The predicted molar refractivity (Wildman–Crippen MR) is 79.3 cm³/mol. The minimum atomic E-state index is -4.34. The second kappa shape index (κ2) is 7.40. The van der Waals surface area contributed by atoms with Crippen LogP contribution in [0.3, 0.4) is 0 Å². The van der Waals surface area contributed by atoms with Crippen molar-refractivity contribution in [2.45, 2.75) is 57.7 Å². The van der Waals surface area contributed by atoms with Gasteiger partial charge in [-0.15, -0.1) is 11.3 Å². The molecule has 0 saturated heterocycles. The monoisotopic (exact) mass is 318 g/mol. The van der Waals surface area contributed by atoms with Crippen molar-refractivity contribution in [1.29, 1.82) is 0 Å². The highest BCUT2D eigenvalue weighted by atomic mass is 32.1. The number of halogens is 3. The summed E-state index contributed by atoms with van der Waals surface area (Å²) in [5, 5.41) is 2.61. The van der Waals surface area contributed by atoms with Crippen molar-refractivity contribution in [1.82, 2.24) is 10.3 Å². The molecule has 0 aliphatic heterocycles. The van der Waals surface area contributed by atoms with Gasteiger partial charge in [0.2, 0.25) is 0 Å². The van der Waals surface area contributed by atoms with Crippen molar-refractivity contribution in [3.63, 3.8) is 0 Å². The van der Waals surface area contributed by atoms with Crippen molar-refractivity contribution in [3.8, 4) is 0 Å². The zero-order chi connectivity index (χ0) is 15.3. The Labute approximate surface area is 127 Å². The maximum absolute atomic E-state index is 12.7. The van der Waals surface area contributed by atoms with E-state index in [0.29, 0.717) is 4.88 Å². The van der Waals surface area contributed by atoms with Gasteiger partial charge in [-0.1, -0.05) is 18.6 Å². The second-order valence-corrected chi connectivity index (χ2v) is 6.45. The molecule has 1 aliphatic rings. The van der Waals surface area contributed by atoms with Gasteiger partial charge < -0.3 is 5.32 Å². The molecule has 0 fully saturated rings. The molecule has 1 aromatic heterocycles. The van der Waals surface area contributed by atoms with Gasteiger partial charge in [0.05, 0.1) is 0 Å². The van der Waals surface area contributed by atoms with E-state index in [1.54, 1.807) is 0 Å². The molecule has 1 atom stereocenters. The van der Waals surface area contributed by atoms with E-state index in [4.69, 9.17) is 0 Å². The van der Waals surface area contributed by atoms with Crippen LogP contribution in [0.25, 0.3) is 0 Å². The van der Waals surface area contributed by atoms with Crippen LogP contribution in [-0.4, -0.2) is 11.5 Å². The van der Waals surface area contributed by atoms with Crippen LogP contribution in [-0.2, 0) is 6.18 Å². The molecule has 0 spiro atoms. The Kier molecular flexibility index (Phi) is 5.81. The Morgan fingerprint density at radius 2 is 2.19 bits per heavy atom. The van der Waals surface area contributed by atoms with Gasteiger partial charge in [0.25, 0.3) is 0 Å². The first-order chi connectivity index (χ1) is 10.0. The molecule has 21 heavy (non-hydrogen) atoms. The highest BCUT2D eigenvalue weighted by Gasteiger charge is 2.35. The molecule has 1 aliphatic carbocycles. The molecule has 6 heteroatoms. The molecule has 1 N–H and O–H groups in total. The third kappa shape index (κ3) is 4.81. The van der Waals surface area contributed by atoms with Gasteiger partial charge in [0, 0.05) is 17.1 Å². The SMILES string of the molecule is CCCNC(CC1=CCCCC1)c1cnc(C(F)(F)F)s1. The maximum atomic E-state index is 12.7. The van der Waals surface area contributed by atoms with Crippen LogP contribution in [0.5, 0.6) is 0 Å². The van der Waals surface area contributed by atoms with Gasteiger partial charge in [-0.25, -0.2) is 4.98 Å². The predicted octanol–water partition coefficient (Wildman–Crippen LogP) is 5.09. The molecule has 0 saturated carbocycles. The van der Waals surface area contributed by atoms with Crippen LogP contribution in [0.4, 0.5) is 13.2 Å². The first-order valence-corrected chi connectivity index (χ1v) is 8.26. The topological polar surface area (TPSA) is 24.9 Å². The molecule has 0 amide bonds. The highest BCUT2D eigenvalue weighted by molar-refractivity contribution is 7.11. The molecular formula is C15H21F3N2S. The minimum Gasteiger partial charge on any atom is -0.309 e. The Balaban J connectivity index is 2.11. The van der Waals surface area contributed by atoms with Crippen LogP contribution in [0.1, 0.15) is 61.4 Å². The minimum absolute atomic E-state index is 0.0529. The summed E-state index contributed by atoms with van der Waals surface area (Å²) in [6.07, 6.45) is 5.59. The molecule has 2 rings (SSSR count). The summed E-state index contributed by atoms with van der Waals surface area (Å²) >= 11 is 0.761. The van der Waals surface area contributed by atoms with Gasteiger partial charge in [0.15, 0.2) is 5.01 Å². The lowest BCUT2D eigenvalue weighted by atomic mass is 9.94. The van der Waals surface area contributed by atoms with E-state index in [1.807, 2.05) is 0 Å². The molecule has 1 unspecified atom stereocenters. The van der Waals surface area contributed by atoms with E-state index in [0.717, 1.165) is 43.6 Å². The average molecular weight is 318 g/mol. The number of nitrogens with one attached hydrogen (secondary N) is 1. The second-order valence-electron chi connectivity index (χ2n) is 5.38. The Morgan fingerprint density at radius 1 is 1.38 bits per heavy atom. The van der Waals surface area contributed by atoms with E-state index in [2.05, 4.69) is 23.3 Å².